The highest BCUT2D eigenvalue weighted by molar-refractivity contribution is 8.03. The van der Waals surface area contributed by atoms with E-state index in [0.29, 0.717) is 6.04 Å². The van der Waals surface area contributed by atoms with Gasteiger partial charge >= 0.3 is 5.97 Å². The number of thioether (sulfide) groups is 1. The highest BCUT2D eigenvalue weighted by Gasteiger charge is 2.31. The first-order chi connectivity index (χ1) is 6.25. The van der Waals surface area contributed by atoms with E-state index in [-0.39, 0.29) is 11.4 Å². The fourth-order valence-corrected chi connectivity index (χ4v) is 2.73. The summed E-state index contributed by atoms with van der Waals surface area (Å²) in [5, 5.41) is 3.22. The lowest BCUT2D eigenvalue weighted by atomic mass is 10.2. The van der Waals surface area contributed by atoms with Gasteiger partial charge < -0.3 is 10.1 Å². The summed E-state index contributed by atoms with van der Waals surface area (Å²) in [5.74, 6) is -0.204. The summed E-state index contributed by atoms with van der Waals surface area (Å²) in [6.07, 6.45) is 6.82. The first-order valence-corrected chi connectivity index (χ1v) is 5.10. The van der Waals surface area contributed by atoms with Crippen LogP contribution in [0.2, 0.25) is 0 Å². The Morgan fingerprint density at radius 1 is 1.77 bits per heavy atom. The second-order valence-electron chi connectivity index (χ2n) is 3.04. The van der Waals surface area contributed by atoms with Gasteiger partial charge in [0.15, 0.2) is 5.44 Å². The Kier molecular flexibility index (Phi) is 2.31. The maximum atomic E-state index is 10.7. The van der Waals surface area contributed by atoms with Crippen LogP contribution in [0.25, 0.3) is 0 Å². The van der Waals surface area contributed by atoms with Crippen molar-refractivity contribution in [2.24, 2.45) is 0 Å². The monoisotopic (exact) mass is 197 g/mol. The van der Waals surface area contributed by atoms with Gasteiger partial charge in [0.1, 0.15) is 0 Å². The summed E-state index contributed by atoms with van der Waals surface area (Å²) in [6.45, 7) is 1.45. The van der Waals surface area contributed by atoms with E-state index >= 15 is 0 Å². The number of hydrogen-bond donors (Lipinski definition) is 1. The zero-order chi connectivity index (χ0) is 9.26. The van der Waals surface area contributed by atoms with Crippen molar-refractivity contribution in [2.45, 2.75) is 24.8 Å². The molecule has 1 fully saturated rings. The molecule has 1 N–H and O–H groups in total. The predicted octanol–water partition coefficient (Wildman–Crippen LogP) is 1.38. The SMILES string of the molecule is CC(=O)OC1CC2NC=CC=C2S1. The topological polar surface area (TPSA) is 38.3 Å². The quantitative estimate of drug-likeness (QED) is 0.644. The van der Waals surface area contributed by atoms with Gasteiger partial charge in [-0.2, -0.15) is 0 Å². The Hall–Kier alpha value is -0.900. The molecule has 0 aromatic heterocycles. The third-order valence-electron chi connectivity index (χ3n) is 1.99. The largest absolute Gasteiger partial charge is 0.451 e. The number of rotatable bonds is 1. The van der Waals surface area contributed by atoms with Crippen LogP contribution in [0.15, 0.2) is 23.3 Å². The van der Waals surface area contributed by atoms with Crippen LogP contribution in [-0.2, 0) is 9.53 Å². The molecule has 70 valence electrons. The number of hydrogen-bond acceptors (Lipinski definition) is 4. The third-order valence-corrected chi connectivity index (χ3v) is 3.23. The van der Waals surface area contributed by atoms with Crippen LogP contribution in [-0.4, -0.2) is 17.4 Å². The Labute approximate surface area is 81.2 Å². The molecule has 2 rings (SSSR count). The third kappa shape index (κ3) is 1.88. The average Bonchev–Trinajstić information content (AvgIpc) is 2.44. The second-order valence-corrected chi connectivity index (χ2v) is 4.27. The number of ether oxygens (including phenoxy) is 1. The molecule has 2 unspecified atom stereocenters. The molecule has 2 aliphatic heterocycles. The maximum Gasteiger partial charge on any atom is 0.303 e. The van der Waals surface area contributed by atoms with E-state index in [4.69, 9.17) is 4.74 Å². The van der Waals surface area contributed by atoms with Gasteiger partial charge in [0.05, 0.1) is 6.04 Å². The van der Waals surface area contributed by atoms with Gasteiger partial charge in [-0.1, -0.05) is 11.8 Å². The summed E-state index contributed by atoms with van der Waals surface area (Å²) >= 11 is 1.63. The first-order valence-electron chi connectivity index (χ1n) is 4.22. The van der Waals surface area contributed by atoms with E-state index in [0.717, 1.165) is 6.42 Å². The number of esters is 1. The molecule has 4 heteroatoms. The maximum absolute atomic E-state index is 10.7. The molecule has 1 saturated heterocycles. The molecule has 0 saturated carbocycles. The molecule has 0 bridgehead atoms. The highest BCUT2D eigenvalue weighted by atomic mass is 32.2. The number of fused-ring (bicyclic) bond motifs is 1. The van der Waals surface area contributed by atoms with E-state index < -0.39 is 0 Å². The number of dihydropyridines is 1. The average molecular weight is 197 g/mol. The van der Waals surface area contributed by atoms with Crippen LogP contribution < -0.4 is 5.32 Å². The van der Waals surface area contributed by atoms with Crippen molar-refractivity contribution in [3.63, 3.8) is 0 Å². The smallest absolute Gasteiger partial charge is 0.303 e. The fourth-order valence-electron chi connectivity index (χ4n) is 1.47. The van der Waals surface area contributed by atoms with Crippen molar-refractivity contribution in [1.82, 2.24) is 5.32 Å². The first kappa shape index (κ1) is 8.69. The van der Waals surface area contributed by atoms with Crippen molar-refractivity contribution >= 4 is 17.7 Å². The van der Waals surface area contributed by atoms with Crippen molar-refractivity contribution in [3.05, 3.63) is 23.3 Å². The summed E-state index contributed by atoms with van der Waals surface area (Å²) in [6, 6.07) is 0.347. The van der Waals surface area contributed by atoms with Gasteiger partial charge in [0, 0.05) is 18.2 Å². The molecule has 0 spiro atoms. The Balaban J connectivity index is 1.98. The zero-order valence-corrected chi connectivity index (χ0v) is 8.14. The van der Waals surface area contributed by atoms with E-state index in [1.807, 2.05) is 12.3 Å². The number of carbonyl (C=O) groups excluding carboxylic acids is 1. The molecule has 0 aromatic rings. The minimum absolute atomic E-state index is 0.0128. The summed E-state index contributed by atoms with van der Waals surface area (Å²) in [5.41, 5.74) is -0.0128. The molecule has 0 radical (unpaired) electrons. The number of allylic oxidation sites excluding steroid dienone is 2. The van der Waals surface area contributed by atoms with E-state index in [1.165, 1.54) is 11.8 Å². The van der Waals surface area contributed by atoms with Crippen LogP contribution in [0, 0.1) is 0 Å². The van der Waals surface area contributed by atoms with E-state index in [9.17, 15) is 4.79 Å². The van der Waals surface area contributed by atoms with Gasteiger partial charge in [0.2, 0.25) is 0 Å². The molecule has 2 aliphatic rings. The van der Waals surface area contributed by atoms with Crippen LogP contribution in [0.1, 0.15) is 13.3 Å². The number of carbonyl (C=O) groups is 1. The Morgan fingerprint density at radius 3 is 3.31 bits per heavy atom. The Bertz CT molecular complexity index is 285. The summed E-state index contributed by atoms with van der Waals surface area (Å²) in [4.78, 5) is 12.0. The van der Waals surface area contributed by atoms with E-state index in [1.54, 1.807) is 11.8 Å². The lowest BCUT2D eigenvalue weighted by Gasteiger charge is -2.13. The Morgan fingerprint density at radius 2 is 2.62 bits per heavy atom. The van der Waals surface area contributed by atoms with Crippen LogP contribution in [0.5, 0.6) is 0 Å². The fraction of sp³-hybridized carbons (Fsp3) is 0.444. The van der Waals surface area contributed by atoms with Gasteiger partial charge in [0.25, 0.3) is 0 Å². The molecule has 13 heavy (non-hydrogen) atoms. The molecule has 0 aliphatic carbocycles. The number of nitrogens with one attached hydrogen (secondary N) is 1. The lowest BCUT2D eigenvalue weighted by molar-refractivity contribution is -0.142. The molecule has 3 nitrogen and oxygen atoms in total. The lowest BCUT2D eigenvalue weighted by Crippen LogP contribution is -2.25. The molecule has 2 atom stereocenters. The normalized spacial score (nSPS) is 30.4. The molecular formula is C9H11NO2S. The second kappa shape index (κ2) is 3.46. The minimum Gasteiger partial charge on any atom is -0.451 e. The van der Waals surface area contributed by atoms with Gasteiger partial charge in [-0.15, -0.1) is 0 Å². The molecule has 0 aromatic carbocycles. The zero-order valence-electron chi connectivity index (χ0n) is 7.32. The van der Waals surface area contributed by atoms with Crippen molar-refractivity contribution < 1.29 is 9.53 Å². The molecular weight excluding hydrogens is 186 g/mol. The van der Waals surface area contributed by atoms with Crippen molar-refractivity contribution in [3.8, 4) is 0 Å². The van der Waals surface area contributed by atoms with Gasteiger partial charge in [-0.05, 0) is 18.4 Å². The van der Waals surface area contributed by atoms with Gasteiger partial charge in [-0.3, -0.25) is 4.79 Å². The predicted molar refractivity (Wildman–Crippen MR) is 51.9 cm³/mol. The van der Waals surface area contributed by atoms with E-state index in [2.05, 4.69) is 11.4 Å². The highest BCUT2D eigenvalue weighted by Crippen LogP contribution is 2.39. The van der Waals surface area contributed by atoms with Crippen LogP contribution in [0.4, 0.5) is 0 Å². The molecule has 0 amide bonds. The van der Waals surface area contributed by atoms with Crippen molar-refractivity contribution in [1.29, 1.82) is 0 Å². The van der Waals surface area contributed by atoms with Crippen LogP contribution in [0.3, 0.4) is 0 Å². The van der Waals surface area contributed by atoms with Crippen LogP contribution >= 0.6 is 11.8 Å². The summed E-state index contributed by atoms with van der Waals surface area (Å²) < 4.78 is 5.12. The summed E-state index contributed by atoms with van der Waals surface area (Å²) in [7, 11) is 0. The van der Waals surface area contributed by atoms with Gasteiger partial charge in [-0.25, -0.2) is 0 Å². The molecule has 2 heterocycles. The van der Waals surface area contributed by atoms with Crippen molar-refractivity contribution in [2.75, 3.05) is 0 Å². The minimum atomic E-state index is -0.204. The standard InChI is InChI=1S/C9H11NO2S/c1-6(11)12-9-5-7-8(13-9)3-2-4-10-7/h2-4,7,9-10H,5H2,1H3.